The van der Waals surface area contributed by atoms with Gasteiger partial charge in [-0.2, -0.15) is 0 Å². The van der Waals surface area contributed by atoms with Crippen molar-refractivity contribution in [2.24, 2.45) is 11.8 Å². The van der Waals surface area contributed by atoms with Gasteiger partial charge in [-0.05, 0) is 11.8 Å². The molecule has 1 aliphatic rings. The predicted octanol–water partition coefficient (Wildman–Crippen LogP) is 3.79. The number of hydrogen-bond acceptors (Lipinski definition) is 1. The van der Waals surface area contributed by atoms with Gasteiger partial charge in [-0.1, -0.05) is 46.0 Å². The van der Waals surface area contributed by atoms with Crippen LogP contribution < -0.4 is 0 Å². The fraction of sp³-hybridized carbons (Fsp3) is 1.00. The van der Waals surface area contributed by atoms with Crippen LogP contribution in [0.3, 0.4) is 0 Å². The van der Waals surface area contributed by atoms with Crippen LogP contribution in [-0.4, -0.2) is 31.0 Å². The normalized spacial score (nSPS) is 20.1. The third-order valence-electron chi connectivity index (χ3n) is 3.70. The smallest absolute Gasteiger partial charge is 0.251 e. The van der Waals surface area contributed by atoms with Gasteiger partial charge in [0.05, 0.1) is 6.54 Å². The Morgan fingerprint density at radius 2 is 1.88 bits per heavy atom. The van der Waals surface area contributed by atoms with E-state index in [1.165, 1.54) is 32.1 Å². The average molecular weight is 233 g/mol. The molecule has 1 saturated heterocycles. The third-order valence-corrected chi connectivity index (χ3v) is 3.70. The summed E-state index contributed by atoms with van der Waals surface area (Å²) in [4.78, 5) is 1.87. The minimum Gasteiger partial charge on any atom is -0.297 e. The summed E-state index contributed by atoms with van der Waals surface area (Å²) in [5.41, 5.74) is 0. The Hall–Kier alpha value is -0.180. The molecule has 0 aromatic carbocycles. The fourth-order valence-electron chi connectivity index (χ4n) is 2.44. The van der Waals surface area contributed by atoms with E-state index in [9.17, 15) is 8.78 Å². The van der Waals surface area contributed by atoms with Crippen molar-refractivity contribution in [2.75, 3.05) is 19.6 Å². The molecule has 1 fully saturated rings. The summed E-state index contributed by atoms with van der Waals surface area (Å²) in [5.74, 6) is 1.38. The second kappa shape index (κ2) is 7.21. The molecule has 0 aliphatic carbocycles. The predicted molar refractivity (Wildman–Crippen MR) is 63.9 cm³/mol. The molecule has 0 aromatic heterocycles. The molecule has 0 saturated carbocycles. The van der Waals surface area contributed by atoms with Gasteiger partial charge in [-0.15, -0.1) is 0 Å². The first-order valence-electron chi connectivity index (χ1n) is 6.64. The van der Waals surface area contributed by atoms with Crippen LogP contribution in [0.1, 0.15) is 46.0 Å². The first kappa shape index (κ1) is 13.9. The maximum atomic E-state index is 12.1. The standard InChI is InChI=1S/C13H25F2N/c1-3-4-5-6-7-11(2)12-8-16(9-12)10-13(14)15/h11-13H,3-10H2,1-2H3. The quantitative estimate of drug-likeness (QED) is 0.577. The molecule has 0 spiro atoms. The van der Waals surface area contributed by atoms with Crippen LogP contribution in [0, 0.1) is 11.8 Å². The zero-order valence-corrected chi connectivity index (χ0v) is 10.6. The van der Waals surface area contributed by atoms with Crippen molar-refractivity contribution in [1.82, 2.24) is 4.90 Å². The van der Waals surface area contributed by atoms with Gasteiger partial charge in [0.2, 0.25) is 0 Å². The molecule has 1 rings (SSSR count). The van der Waals surface area contributed by atoms with Crippen molar-refractivity contribution in [3.8, 4) is 0 Å². The number of unbranched alkanes of at least 4 members (excludes halogenated alkanes) is 3. The van der Waals surface area contributed by atoms with Crippen molar-refractivity contribution in [2.45, 2.75) is 52.4 Å². The summed E-state index contributed by atoms with van der Waals surface area (Å²) >= 11 is 0. The van der Waals surface area contributed by atoms with Crippen molar-refractivity contribution in [1.29, 1.82) is 0 Å². The largest absolute Gasteiger partial charge is 0.297 e. The Morgan fingerprint density at radius 3 is 2.44 bits per heavy atom. The summed E-state index contributed by atoms with van der Waals surface area (Å²) in [5, 5.41) is 0. The van der Waals surface area contributed by atoms with Gasteiger partial charge in [-0.25, -0.2) is 8.78 Å². The van der Waals surface area contributed by atoms with E-state index in [1.807, 2.05) is 4.90 Å². The van der Waals surface area contributed by atoms with Gasteiger partial charge in [0, 0.05) is 13.1 Å². The molecule has 1 unspecified atom stereocenters. The highest BCUT2D eigenvalue weighted by molar-refractivity contribution is 4.83. The second-order valence-electron chi connectivity index (χ2n) is 5.20. The van der Waals surface area contributed by atoms with Crippen molar-refractivity contribution in [3.05, 3.63) is 0 Å². The third kappa shape index (κ3) is 4.77. The minimum atomic E-state index is -2.17. The molecule has 0 bridgehead atoms. The Bertz CT molecular complexity index is 179. The number of nitrogens with zero attached hydrogens (tertiary/aromatic N) is 1. The van der Waals surface area contributed by atoms with Gasteiger partial charge >= 0.3 is 0 Å². The highest BCUT2D eigenvalue weighted by Gasteiger charge is 2.31. The number of alkyl halides is 2. The van der Waals surface area contributed by atoms with E-state index in [1.54, 1.807) is 0 Å². The maximum Gasteiger partial charge on any atom is 0.251 e. The van der Waals surface area contributed by atoms with E-state index in [0.29, 0.717) is 11.8 Å². The van der Waals surface area contributed by atoms with Crippen LogP contribution in [0.15, 0.2) is 0 Å². The molecular formula is C13H25F2N. The Kier molecular flexibility index (Phi) is 6.25. The molecule has 96 valence electrons. The summed E-state index contributed by atoms with van der Waals surface area (Å²) in [6.45, 7) is 6.24. The second-order valence-corrected chi connectivity index (χ2v) is 5.20. The van der Waals surface area contributed by atoms with E-state index < -0.39 is 6.43 Å². The lowest BCUT2D eigenvalue weighted by atomic mass is 9.83. The van der Waals surface area contributed by atoms with E-state index in [0.717, 1.165) is 13.1 Å². The lowest BCUT2D eigenvalue weighted by Gasteiger charge is -2.42. The number of halogens is 2. The number of likely N-dealkylation sites (tertiary alicyclic amines) is 1. The summed E-state index contributed by atoms with van der Waals surface area (Å²) in [6.07, 6.45) is 4.34. The number of hydrogen-bond donors (Lipinski definition) is 0. The van der Waals surface area contributed by atoms with E-state index in [-0.39, 0.29) is 6.54 Å². The molecule has 0 radical (unpaired) electrons. The van der Waals surface area contributed by atoms with Crippen molar-refractivity contribution < 1.29 is 8.78 Å². The topological polar surface area (TPSA) is 3.24 Å². The highest BCUT2D eigenvalue weighted by Crippen LogP contribution is 2.27. The van der Waals surface area contributed by atoms with Gasteiger partial charge in [0.15, 0.2) is 0 Å². The lowest BCUT2D eigenvalue weighted by molar-refractivity contribution is 0.00493. The molecule has 1 nitrogen and oxygen atoms in total. The van der Waals surface area contributed by atoms with Crippen LogP contribution in [0.5, 0.6) is 0 Å². The van der Waals surface area contributed by atoms with Gasteiger partial charge < -0.3 is 0 Å². The van der Waals surface area contributed by atoms with Crippen LogP contribution >= 0.6 is 0 Å². The van der Waals surface area contributed by atoms with Crippen LogP contribution in [0.2, 0.25) is 0 Å². The molecule has 0 aromatic rings. The van der Waals surface area contributed by atoms with E-state index in [2.05, 4.69) is 13.8 Å². The Labute approximate surface area is 98.2 Å². The molecular weight excluding hydrogens is 208 g/mol. The van der Waals surface area contributed by atoms with Crippen LogP contribution in [0.4, 0.5) is 8.78 Å². The van der Waals surface area contributed by atoms with Gasteiger partial charge in [0.25, 0.3) is 6.43 Å². The fourth-order valence-corrected chi connectivity index (χ4v) is 2.44. The highest BCUT2D eigenvalue weighted by atomic mass is 19.3. The molecule has 0 N–H and O–H groups in total. The molecule has 3 heteroatoms. The Morgan fingerprint density at radius 1 is 1.19 bits per heavy atom. The van der Waals surface area contributed by atoms with E-state index in [4.69, 9.17) is 0 Å². The maximum absolute atomic E-state index is 12.1. The van der Waals surface area contributed by atoms with Crippen LogP contribution in [-0.2, 0) is 0 Å². The first-order valence-corrected chi connectivity index (χ1v) is 6.64. The molecule has 1 heterocycles. The SMILES string of the molecule is CCCCCCC(C)C1CN(CC(F)F)C1. The summed E-state index contributed by atoms with van der Waals surface area (Å²) in [7, 11) is 0. The Balaban J connectivity index is 2.01. The zero-order chi connectivity index (χ0) is 12.0. The number of rotatable bonds is 8. The van der Waals surface area contributed by atoms with Crippen molar-refractivity contribution in [3.63, 3.8) is 0 Å². The molecule has 16 heavy (non-hydrogen) atoms. The average Bonchev–Trinajstić information content (AvgIpc) is 2.17. The first-order chi connectivity index (χ1) is 7.63. The van der Waals surface area contributed by atoms with Crippen LogP contribution in [0.25, 0.3) is 0 Å². The minimum absolute atomic E-state index is 0.0287. The lowest BCUT2D eigenvalue weighted by Crippen LogP contribution is -2.50. The van der Waals surface area contributed by atoms with E-state index >= 15 is 0 Å². The molecule has 1 aliphatic heterocycles. The molecule has 0 amide bonds. The summed E-state index contributed by atoms with van der Waals surface area (Å²) in [6, 6.07) is 0. The monoisotopic (exact) mass is 233 g/mol. The van der Waals surface area contributed by atoms with Gasteiger partial charge in [-0.3, -0.25) is 4.90 Å². The van der Waals surface area contributed by atoms with Crippen molar-refractivity contribution >= 4 is 0 Å². The summed E-state index contributed by atoms with van der Waals surface area (Å²) < 4.78 is 24.2. The zero-order valence-electron chi connectivity index (χ0n) is 10.6. The molecule has 1 atom stereocenters. The van der Waals surface area contributed by atoms with Gasteiger partial charge in [0.1, 0.15) is 0 Å².